The summed E-state index contributed by atoms with van der Waals surface area (Å²) in [6, 6.07) is 2.20. The SMILES string of the molecule is CC(NC(=O)N1CCc2cnc(N[C@H](CO)C(F)(F)F)nc2C1)c1ccc(Cl)c(Cl)c1. The maximum Gasteiger partial charge on any atom is 0.410 e. The van der Waals surface area contributed by atoms with E-state index in [1.54, 1.807) is 25.1 Å². The molecule has 1 aromatic heterocycles. The number of halogens is 5. The predicted octanol–water partition coefficient (Wildman–Crippen LogP) is 3.95. The van der Waals surface area contributed by atoms with Crippen LogP contribution in [0.4, 0.5) is 23.9 Å². The minimum Gasteiger partial charge on any atom is -0.394 e. The highest BCUT2D eigenvalue weighted by Gasteiger charge is 2.39. The predicted molar refractivity (Wildman–Crippen MR) is 110 cm³/mol. The van der Waals surface area contributed by atoms with Crippen molar-refractivity contribution in [1.29, 1.82) is 0 Å². The molecule has 2 heterocycles. The average molecular weight is 478 g/mol. The third-order valence-corrected chi connectivity index (χ3v) is 5.64. The molecule has 0 saturated carbocycles. The Morgan fingerprint density at radius 1 is 1.32 bits per heavy atom. The van der Waals surface area contributed by atoms with E-state index < -0.39 is 18.8 Å². The van der Waals surface area contributed by atoms with Crippen molar-refractivity contribution in [3.63, 3.8) is 0 Å². The molecule has 1 aromatic carbocycles. The van der Waals surface area contributed by atoms with E-state index in [-0.39, 0.29) is 24.6 Å². The lowest BCUT2D eigenvalue weighted by Gasteiger charge is -2.30. The Balaban J connectivity index is 1.67. The summed E-state index contributed by atoms with van der Waals surface area (Å²) in [4.78, 5) is 22.2. The molecule has 0 spiro atoms. The first-order valence-electron chi connectivity index (χ1n) is 9.37. The van der Waals surface area contributed by atoms with Crippen molar-refractivity contribution in [2.24, 2.45) is 0 Å². The van der Waals surface area contributed by atoms with Crippen molar-refractivity contribution in [3.05, 3.63) is 51.3 Å². The number of anilines is 1. The molecule has 1 aliphatic heterocycles. The summed E-state index contributed by atoms with van der Waals surface area (Å²) in [5.74, 6) is -0.262. The largest absolute Gasteiger partial charge is 0.410 e. The van der Waals surface area contributed by atoms with Gasteiger partial charge >= 0.3 is 12.2 Å². The minimum absolute atomic E-state index is 0.113. The fourth-order valence-corrected chi connectivity index (χ4v) is 3.38. The second-order valence-electron chi connectivity index (χ2n) is 7.10. The van der Waals surface area contributed by atoms with Crippen molar-refractivity contribution in [3.8, 4) is 0 Å². The van der Waals surface area contributed by atoms with Gasteiger partial charge in [0.15, 0.2) is 0 Å². The van der Waals surface area contributed by atoms with Crippen LogP contribution in [0.5, 0.6) is 0 Å². The van der Waals surface area contributed by atoms with Gasteiger partial charge in [0.05, 0.1) is 34.9 Å². The lowest BCUT2D eigenvalue weighted by Crippen LogP contribution is -2.44. The molecule has 0 aliphatic carbocycles. The van der Waals surface area contributed by atoms with E-state index in [0.29, 0.717) is 28.7 Å². The molecule has 2 atom stereocenters. The number of aliphatic hydroxyl groups excluding tert-OH is 1. The van der Waals surface area contributed by atoms with Crippen LogP contribution in [0.3, 0.4) is 0 Å². The van der Waals surface area contributed by atoms with Crippen LogP contribution >= 0.6 is 23.2 Å². The Kier molecular flexibility index (Phi) is 7.13. The third kappa shape index (κ3) is 5.69. The van der Waals surface area contributed by atoms with Crippen molar-refractivity contribution in [2.75, 3.05) is 18.5 Å². The van der Waals surface area contributed by atoms with Gasteiger partial charge in [0.25, 0.3) is 0 Å². The first-order valence-corrected chi connectivity index (χ1v) is 10.1. The number of carbonyl (C=O) groups excluding carboxylic acids is 1. The van der Waals surface area contributed by atoms with Gasteiger partial charge in [0.1, 0.15) is 6.04 Å². The van der Waals surface area contributed by atoms with E-state index in [1.807, 2.05) is 0 Å². The monoisotopic (exact) mass is 477 g/mol. The molecule has 0 bridgehead atoms. The second-order valence-corrected chi connectivity index (χ2v) is 7.92. The fourth-order valence-electron chi connectivity index (χ4n) is 3.07. The average Bonchev–Trinajstić information content (AvgIpc) is 2.72. The van der Waals surface area contributed by atoms with E-state index in [1.165, 1.54) is 11.1 Å². The zero-order valence-electron chi connectivity index (χ0n) is 16.4. The smallest absolute Gasteiger partial charge is 0.394 e. The number of alkyl halides is 3. The van der Waals surface area contributed by atoms with Gasteiger partial charge in [-0.05, 0) is 36.6 Å². The van der Waals surface area contributed by atoms with Gasteiger partial charge < -0.3 is 20.6 Å². The molecule has 168 valence electrons. The Morgan fingerprint density at radius 2 is 2.06 bits per heavy atom. The molecule has 31 heavy (non-hydrogen) atoms. The van der Waals surface area contributed by atoms with Gasteiger partial charge in [-0.15, -0.1) is 0 Å². The van der Waals surface area contributed by atoms with Gasteiger partial charge in [-0.2, -0.15) is 13.2 Å². The van der Waals surface area contributed by atoms with Crippen molar-refractivity contribution < 1.29 is 23.1 Å². The summed E-state index contributed by atoms with van der Waals surface area (Å²) in [5.41, 5.74) is 1.97. The maximum absolute atomic E-state index is 12.9. The summed E-state index contributed by atoms with van der Waals surface area (Å²) >= 11 is 11.9. The summed E-state index contributed by atoms with van der Waals surface area (Å²) in [6.07, 6.45) is -2.75. The molecule has 0 saturated heterocycles. The van der Waals surface area contributed by atoms with Crippen LogP contribution in [-0.4, -0.2) is 51.4 Å². The number of rotatable bonds is 5. The van der Waals surface area contributed by atoms with Gasteiger partial charge in [-0.25, -0.2) is 14.8 Å². The Bertz CT molecular complexity index is 961. The summed E-state index contributed by atoms with van der Waals surface area (Å²) in [5, 5.41) is 14.7. The van der Waals surface area contributed by atoms with E-state index in [9.17, 15) is 18.0 Å². The van der Waals surface area contributed by atoms with Crippen LogP contribution in [0.2, 0.25) is 10.0 Å². The molecular formula is C19H20Cl2F3N5O2. The quantitative estimate of drug-likeness (QED) is 0.606. The van der Waals surface area contributed by atoms with Crippen molar-refractivity contribution in [1.82, 2.24) is 20.2 Å². The van der Waals surface area contributed by atoms with E-state index in [4.69, 9.17) is 28.3 Å². The summed E-state index contributed by atoms with van der Waals surface area (Å²) < 4.78 is 38.6. The minimum atomic E-state index is -4.65. The zero-order valence-corrected chi connectivity index (χ0v) is 17.9. The number of benzene rings is 1. The summed E-state index contributed by atoms with van der Waals surface area (Å²) in [7, 11) is 0. The van der Waals surface area contributed by atoms with Crippen LogP contribution in [0, 0.1) is 0 Å². The highest BCUT2D eigenvalue weighted by atomic mass is 35.5. The lowest BCUT2D eigenvalue weighted by molar-refractivity contribution is -0.149. The highest BCUT2D eigenvalue weighted by molar-refractivity contribution is 6.42. The van der Waals surface area contributed by atoms with Crippen LogP contribution in [-0.2, 0) is 13.0 Å². The summed E-state index contributed by atoms with van der Waals surface area (Å²) in [6.45, 7) is 1.17. The normalized spacial score (nSPS) is 15.8. The van der Waals surface area contributed by atoms with Crippen LogP contribution in [0.25, 0.3) is 0 Å². The van der Waals surface area contributed by atoms with Crippen LogP contribution in [0.1, 0.15) is 29.8 Å². The third-order valence-electron chi connectivity index (χ3n) is 4.90. The molecule has 1 unspecified atom stereocenters. The number of carbonyl (C=O) groups is 1. The first-order chi connectivity index (χ1) is 14.6. The molecule has 2 amide bonds. The van der Waals surface area contributed by atoms with Gasteiger partial charge in [0.2, 0.25) is 5.95 Å². The Hall–Kier alpha value is -2.30. The number of aromatic nitrogens is 2. The number of urea groups is 1. The standard InChI is InChI=1S/C19H20Cl2F3N5O2/c1-10(11-2-3-13(20)14(21)6-11)26-18(31)29-5-4-12-7-25-17(27-15(12)8-29)28-16(9-30)19(22,23)24/h2-3,6-7,10,16,30H,4-5,8-9H2,1H3,(H,26,31)(H,25,27,28)/t10?,16-/m1/s1. The number of hydrogen-bond acceptors (Lipinski definition) is 5. The second kappa shape index (κ2) is 9.46. The molecule has 3 N–H and O–H groups in total. The van der Waals surface area contributed by atoms with Crippen molar-refractivity contribution >= 4 is 35.2 Å². The lowest BCUT2D eigenvalue weighted by atomic mass is 10.1. The number of nitrogens with zero attached hydrogens (tertiary/aromatic N) is 3. The number of aliphatic hydroxyl groups is 1. The fraction of sp³-hybridized carbons (Fsp3) is 0.421. The molecular weight excluding hydrogens is 458 g/mol. The molecule has 12 heteroatoms. The molecule has 0 fully saturated rings. The number of amides is 2. The van der Waals surface area contributed by atoms with Crippen LogP contribution in [0.15, 0.2) is 24.4 Å². The number of nitrogens with one attached hydrogen (secondary N) is 2. The van der Waals surface area contributed by atoms with Crippen LogP contribution < -0.4 is 10.6 Å². The van der Waals surface area contributed by atoms with Gasteiger partial charge in [0, 0.05) is 12.7 Å². The maximum atomic E-state index is 12.9. The Morgan fingerprint density at radius 3 is 2.71 bits per heavy atom. The molecule has 0 radical (unpaired) electrons. The van der Waals surface area contributed by atoms with E-state index in [2.05, 4.69) is 20.6 Å². The first kappa shape index (κ1) is 23.4. The molecule has 1 aliphatic rings. The molecule has 2 aromatic rings. The van der Waals surface area contributed by atoms with Gasteiger partial charge in [-0.3, -0.25) is 0 Å². The van der Waals surface area contributed by atoms with E-state index >= 15 is 0 Å². The van der Waals surface area contributed by atoms with Crippen molar-refractivity contribution in [2.45, 2.75) is 38.1 Å². The number of hydrogen-bond donors (Lipinski definition) is 3. The molecule has 7 nitrogen and oxygen atoms in total. The van der Waals surface area contributed by atoms with Gasteiger partial charge in [-0.1, -0.05) is 29.3 Å². The van der Waals surface area contributed by atoms with E-state index in [0.717, 1.165) is 11.1 Å². The topological polar surface area (TPSA) is 90.4 Å². The zero-order chi connectivity index (χ0) is 22.8. The highest BCUT2D eigenvalue weighted by Crippen LogP contribution is 2.26. The Labute approximate surface area is 186 Å². The molecule has 3 rings (SSSR count). The number of fused-ring (bicyclic) bond motifs is 1.